The van der Waals surface area contributed by atoms with Crippen molar-refractivity contribution in [3.05, 3.63) is 48.5 Å². The smallest absolute Gasteiger partial charge is 0.172 e. The van der Waals surface area contributed by atoms with Crippen LogP contribution in [-0.4, -0.2) is 33.8 Å². The van der Waals surface area contributed by atoms with E-state index in [9.17, 15) is 4.39 Å². The van der Waals surface area contributed by atoms with E-state index in [1.165, 1.54) is 6.07 Å². The molecule has 0 bridgehead atoms. The van der Waals surface area contributed by atoms with Gasteiger partial charge in [0.25, 0.3) is 0 Å². The lowest BCUT2D eigenvalue weighted by Crippen LogP contribution is -1.96. The van der Waals surface area contributed by atoms with E-state index in [1.807, 2.05) is 0 Å². The number of benzene rings is 2. The van der Waals surface area contributed by atoms with E-state index in [2.05, 4.69) is 15.2 Å². The average molecular weight is 324 g/mol. The molecule has 0 amide bonds. The first-order valence-electron chi connectivity index (χ1n) is 7.23. The molecule has 0 radical (unpaired) electrons. The van der Waals surface area contributed by atoms with Crippen LogP contribution in [0.25, 0.3) is 27.9 Å². The van der Waals surface area contributed by atoms with Crippen LogP contribution < -0.4 is 9.47 Å². The van der Waals surface area contributed by atoms with Gasteiger partial charge in [0.05, 0.1) is 25.3 Å². The Hall–Kier alpha value is -3.22. The van der Waals surface area contributed by atoms with Crippen molar-refractivity contribution in [2.75, 3.05) is 14.2 Å². The predicted octanol–water partition coefficient (Wildman–Crippen LogP) is 3.10. The van der Waals surface area contributed by atoms with Crippen LogP contribution in [0, 0.1) is 5.82 Å². The molecule has 0 spiro atoms. The first-order chi connectivity index (χ1) is 11.7. The quantitative estimate of drug-likeness (QED) is 0.579. The van der Waals surface area contributed by atoms with E-state index in [0.717, 1.165) is 5.39 Å². The molecule has 0 N–H and O–H groups in total. The van der Waals surface area contributed by atoms with Gasteiger partial charge in [0.2, 0.25) is 0 Å². The molecule has 0 unspecified atom stereocenters. The van der Waals surface area contributed by atoms with Crippen LogP contribution in [0.15, 0.2) is 42.7 Å². The molecular weight excluding hydrogens is 311 g/mol. The fourth-order valence-corrected chi connectivity index (χ4v) is 2.68. The van der Waals surface area contributed by atoms with Crippen LogP contribution in [0.5, 0.6) is 11.5 Å². The van der Waals surface area contributed by atoms with Gasteiger partial charge < -0.3 is 9.47 Å². The maximum Gasteiger partial charge on any atom is 0.172 e. The Kier molecular flexibility index (Phi) is 3.26. The fourth-order valence-electron chi connectivity index (χ4n) is 2.68. The summed E-state index contributed by atoms with van der Waals surface area (Å²) in [6.45, 7) is 0. The maximum atomic E-state index is 14.1. The van der Waals surface area contributed by atoms with Gasteiger partial charge in [0, 0.05) is 11.5 Å². The summed E-state index contributed by atoms with van der Waals surface area (Å²) >= 11 is 0. The molecule has 2 aromatic heterocycles. The Labute approximate surface area is 136 Å². The van der Waals surface area contributed by atoms with Crippen molar-refractivity contribution in [3.63, 3.8) is 0 Å². The highest BCUT2D eigenvalue weighted by Crippen LogP contribution is 2.33. The molecule has 0 aliphatic rings. The Morgan fingerprint density at radius 2 is 1.75 bits per heavy atom. The minimum atomic E-state index is -0.362. The highest BCUT2D eigenvalue weighted by atomic mass is 19.1. The van der Waals surface area contributed by atoms with Crippen LogP contribution in [-0.2, 0) is 0 Å². The summed E-state index contributed by atoms with van der Waals surface area (Å²) in [4.78, 5) is 4.41. The summed E-state index contributed by atoms with van der Waals surface area (Å²) in [7, 11) is 3.13. The summed E-state index contributed by atoms with van der Waals surface area (Å²) in [6.07, 6.45) is 1.57. The minimum Gasteiger partial charge on any atom is -0.493 e. The summed E-state index contributed by atoms with van der Waals surface area (Å²) in [5.41, 5.74) is 1.62. The average Bonchev–Trinajstić information content (AvgIpc) is 3.05. The molecule has 24 heavy (non-hydrogen) atoms. The van der Waals surface area contributed by atoms with Gasteiger partial charge in [0.1, 0.15) is 12.1 Å². The standard InChI is InChI=1S/C17H13FN4O2/c1-23-14-7-11-13(8-15(14)24-2)19-9-22-16(20-21-17(11)22)10-5-3-4-6-12(10)18/h3-9H,1-2H3. The molecule has 0 aliphatic carbocycles. The second-order valence-electron chi connectivity index (χ2n) is 5.17. The van der Waals surface area contributed by atoms with Crippen LogP contribution in [0.3, 0.4) is 0 Å². The van der Waals surface area contributed by atoms with Gasteiger partial charge in [-0.2, -0.15) is 0 Å². The van der Waals surface area contributed by atoms with Gasteiger partial charge in [-0.05, 0) is 18.2 Å². The summed E-state index contributed by atoms with van der Waals surface area (Å²) < 4.78 is 26.4. The van der Waals surface area contributed by atoms with E-state index in [1.54, 1.807) is 55.3 Å². The lowest BCUT2D eigenvalue weighted by Gasteiger charge is -2.09. The summed E-state index contributed by atoms with van der Waals surface area (Å²) in [5.74, 6) is 1.18. The van der Waals surface area contributed by atoms with E-state index in [4.69, 9.17) is 9.47 Å². The van der Waals surface area contributed by atoms with Gasteiger partial charge in [-0.15, -0.1) is 10.2 Å². The van der Waals surface area contributed by atoms with Crippen LogP contribution in [0.1, 0.15) is 0 Å². The molecule has 0 aliphatic heterocycles. The number of rotatable bonds is 3. The van der Waals surface area contributed by atoms with Gasteiger partial charge in [-0.3, -0.25) is 4.40 Å². The first kappa shape index (κ1) is 14.4. The third kappa shape index (κ3) is 2.05. The van der Waals surface area contributed by atoms with Crippen molar-refractivity contribution in [3.8, 4) is 22.9 Å². The van der Waals surface area contributed by atoms with Crippen molar-refractivity contribution in [2.45, 2.75) is 0 Å². The fraction of sp³-hybridized carbons (Fsp3) is 0.118. The minimum absolute atomic E-state index is 0.362. The largest absolute Gasteiger partial charge is 0.493 e. The number of halogens is 1. The summed E-state index contributed by atoms with van der Waals surface area (Å²) in [5, 5.41) is 9.08. The normalized spacial score (nSPS) is 11.1. The van der Waals surface area contributed by atoms with Crippen LogP contribution in [0.4, 0.5) is 4.39 Å². The zero-order valence-electron chi connectivity index (χ0n) is 13.0. The lowest BCUT2D eigenvalue weighted by molar-refractivity contribution is 0.356. The molecule has 120 valence electrons. The molecule has 4 rings (SSSR count). The maximum absolute atomic E-state index is 14.1. The van der Waals surface area contributed by atoms with E-state index in [0.29, 0.717) is 34.1 Å². The highest BCUT2D eigenvalue weighted by Gasteiger charge is 2.16. The van der Waals surface area contributed by atoms with E-state index < -0.39 is 0 Å². The molecule has 2 aromatic carbocycles. The molecule has 7 heteroatoms. The molecule has 6 nitrogen and oxygen atoms in total. The number of hydrogen-bond donors (Lipinski definition) is 0. The molecule has 0 saturated carbocycles. The topological polar surface area (TPSA) is 61.5 Å². The second-order valence-corrected chi connectivity index (χ2v) is 5.17. The van der Waals surface area contributed by atoms with Gasteiger partial charge >= 0.3 is 0 Å². The molecule has 2 heterocycles. The highest BCUT2D eigenvalue weighted by molar-refractivity contribution is 5.94. The first-order valence-corrected chi connectivity index (χ1v) is 7.23. The molecule has 4 aromatic rings. The molecule has 0 saturated heterocycles. The molecule has 0 fully saturated rings. The van der Waals surface area contributed by atoms with E-state index in [-0.39, 0.29) is 5.82 Å². The van der Waals surface area contributed by atoms with Gasteiger partial charge in [0.15, 0.2) is 23.0 Å². The van der Waals surface area contributed by atoms with Crippen LogP contribution >= 0.6 is 0 Å². The second kappa shape index (κ2) is 5.45. The van der Waals surface area contributed by atoms with Gasteiger partial charge in [-0.1, -0.05) is 12.1 Å². The third-order valence-corrected chi connectivity index (χ3v) is 3.87. The van der Waals surface area contributed by atoms with E-state index >= 15 is 0 Å². The monoisotopic (exact) mass is 324 g/mol. The zero-order valence-corrected chi connectivity index (χ0v) is 13.0. The number of fused-ring (bicyclic) bond motifs is 3. The number of aromatic nitrogens is 4. The Bertz CT molecular complexity index is 1060. The number of nitrogens with zero attached hydrogens (tertiary/aromatic N) is 4. The van der Waals surface area contributed by atoms with Crippen molar-refractivity contribution >= 4 is 16.6 Å². The number of hydrogen-bond acceptors (Lipinski definition) is 5. The van der Waals surface area contributed by atoms with Crippen molar-refractivity contribution in [2.24, 2.45) is 0 Å². The molecule has 0 atom stereocenters. The van der Waals surface area contributed by atoms with Gasteiger partial charge in [-0.25, -0.2) is 9.37 Å². The molecular formula is C17H13FN4O2. The Balaban J connectivity index is 2.02. The van der Waals surface area contributed by atoms with Crippen molar-refractivity contribution in [1.29, 1.82) is 0 Å². The van der Waals surface area contributed by atoms with Crippen molar-refractivity contribution < 1.29 is 13.9 Å². The SMILES string of the molecule is COc1cc2ncn3c(-c4ccccc4F)nnc3c2cc1OC. The Morgan fingerprint density at radius 3 is 2.50 bits per heavy atom. The number of methoxy groups -OCH3 is 2. The Morgan fingerprint density at radius 1 is 1.00 bits per heavy atom. The van der Waals surface area contributed by atoms with Crippen LogP contribution in [0.2, 0.25) is 0 Å². The zero-order chi connectivity index (χ0) is 16.7. The number of ether oxygens (including phenoxy) is 2. The predicted molar refractivity (Wildman–Crippen MR) is 86.8 cm³/mol. The lowest BCUT2D eigenvalue weighted by atomic mass is 10.2. The summed E-state index contributed by atoms with van der Waals surface area (Å²) in [6, 6.07) is 9.99. The van der Waals surface area contributed by atoms with Crippen molar-refractivity contribution in [1.82, 2.24) is 19.6 Å². The third-order valence-electron chi connectivity index (χ3n) is 3.87.